The lowest BCUT2D eigenvalue weighted by molar-refractivity contribution is 0.0690. The molecule has 19 heavy (non-hydrogen) atoms. The number of anilines is 2. The molecule has 0 saturated heterocycles. The van der Waals surface area contributed by atoms with Gasteiger partial charge in [-0.05, 0) is 31.0 Å². The first-order chi connectivity index (χ1) is 8.97. The highest BCUT2D eigenvalue weighted by Gasteiger charge is 2.09. The minimum atomic E-state index is -1.10. The summed E-state index contributed by atoms with van der Waals surface area (Å²) in [6.45, 7) is 3.87. The topological polar surface area (TPSA) is 75.1 Å². The van der Waals surface area contributed by atoms with Crippen molar-refractivity contribution in [2.24, 2.45) is 0 Å². The minimum absolute atomic E-state index is 0.0709. The average molecular weight is 278 g/mol. The summed E-state index contributed by atoms with van der Waals surface area (Å²) in [5.74, 6) is -0.710. The molecule has 0 bridgehead atoms. The Kier molecular flexibility index (Phi) is 3.66. The molecule has 1 aromatic carbocycles. The normalized spacial score (nSPS) is 10.3. The largest absolute Gasteiger partial charge is 0.477 e. The molecule has 0 radical (unpaired) electrons. The number of hydrogen-bond acceptors (Lipinski definition) is 4. The van der Waals surface area contributed by atoms with Crippen molar-refractivity contribution in [1.29, 1.82) is 0 Å². The summed E-state index contributed by atoms with van der Waals surface area (Å²) in [4.78, 5) is 18.5. The molecule has 2 rings (SSSR count). The van der Waals surface area contributed by atoms with Gasteiger partial charge in [-0.3, -0.25) is 0 Å². The maximum absolute atomic E-state index is 10.8. The molecule has 2 N–H and O–H groups in total. The predicted molar refractivity (Wildman–Crippen MR) is 73.2 cm³/mol. The van der Waals surface area contributed by atoms with Crippen LogP contribution in [0.3, 0.4) is 0 Å². The van der Waals surface area contributed by atoms with Gasteiger partial charge in [0, 0.05) is 6.07 Å². The first-order valence-corrected chi connectivity index (χ1v) is 5.94. The smallest absolute Gasteiger partial charge is 0.354 e. The SMILES string of the molecule is Cc1cc(C)c(Nc2cc(C(=O)O)ncn2)c(Cl)c1. The molecule has 0 fully saturated rings. The van der Waals surface area contributed by atoms with Crippen LogP contribution in [-0.2, 0) is 0 Å². The van der Waals surface area contributed by atoms with Gasteiger partial charge < -0.3 is 10.4 Å². The third kappa shape index (κ3) is 3.00. The average Bonchev–Trinajstić information content (AvgIpc) is 2.34. The molecule has 0 saturated carbocycles. The Hall–Kier alpha value is -2.14. The number of nitrogens with zero attached hydrogens (tertiary/aromatic N) is 2. The van der Waals surface area contributed by atoms with Crippen LogP contribution < -0.4 is 5.32 Å². The van der Waals surface area contributed by atoms with E-state index in [4.69, 9.17) is 16.7 Å². The zero-order valence-corrected chi connectivity index (χ0v) is 11.2. The van der Waals surface area contributed by atoms with E-state index in [2.05, 4.69) is 15.3 Å². The number of aryl methyl sites for hydroxylation is 2. The number of aromatic carboxylic acids is 1. The third-order valence-corrected chi connectivity index (χ3v) is 2.87. The van der Waals surface area contributed by atoms with Crippen molar-refractivity contribution in [2.45, 2.75) is 13.8 Å². The fourth-order valence-corrected chi connectivity index (χ4v) is 2.11. The molecule has 0 atom stereocenters. The first-order valence-electron chi connectivity index (χ1n) is 5.56. The van der Waals surface area contributed by atoms with Gasteiger partial charge in [0.05, 0.1) is 10.7 Å². The van der Waals surface area contributed by atoms with Gasteiger partial charge in [-0.2, -0.15) is 0 Å². The summed E-state index contributed by atoms with van der Waals surface area (Å²) >= 11 is 6.16. The quantitative estimate of drug-likeness (QED) is 0.901. The number of nitrogens with one attached hydrogen (secondary N) is 1. The monoisotopic (exact) mass is 277 g/mol. The number of carbonyl (C=O) groups is 1. The van der Waals surface area contributed by atoms with Crippen molar-refractivity contribution in [3.63, 3.8) is 0 Å². The van der Waals surface area contributed by atoms with Crippen LogP contribution in [0.1, 0.15) is 21.6 Å². The van der Waals surface area contributed by atoms with E-state index in [0.29, 0.717) is 16.5 Å². The highest BCUT2D eigenvalue weighted by molar-refractivity contribution is 6.33. The Bertz CT molecular complexity index is 621. The number of carboxylic acids is 1. The Labute approximate surface area is 115 Å². The van der Waals surface area contributed by atoms with Crippen LogP contribution in [0.2, 0.25) is 5.02 Å². The highest BCUT2D eigenvalue weighted by atomic mass is 35.5. The molecular formula is C13H12ClN3O2. The maximum atomic E-state index is 10.8. The zero-order valence-electron chi connectivity index (χ0n) is 10.4. The van der Waals surface area contributed by atoms with Crippen LogP contribution in [0.4, 0.5) is 11.5 Å². The second-order valence-corrected chi connectivity index (χ2v) is 4.56. The molecule has 0 amide bonds. The molecule has 0 unspecified atom stereocenters. The van der Waals surface area contributed by atoms with E-state index in [1.807, 2.05) is 26.0 Å². The number of hydrogen-bond donors (Lipinski definition) is 2. The molecule has 98 valence electrons. The second-order valence-electron chi connectivity index (χ2n) is 4.16. The van der Waals surface area contributed by atoms with E-state index in [9.17, 15) is 4.79 Å². The number of benzene rings is 1. The van der Waals surface area contributed by atoms with E-state index in [-0.39, 0.29) is 5.69 Å². The van der Waals surface area contributed by atoms with Crippen LogP contribution in [0, 0.1) is 13.8 Å². The van der Waals surface area contributed by atoms with Crippen LogP contribution in [0.25, 0.3) is 0 Å². The molecule has 2 aromatic rings. The number of aromatic nitrogens is 2. The van der Waals surface area contributed by atoms with E-state index in [1.165, 1.54) is 12.4 Å². The molecular weight excluding hydrogens is 266 g/mol. The molecule has 5 nitrogen and oxygen atoms in total. The number of carboxylic acid groups (broad SMARTS) is 1. The van der Waals surface area contributed by atoms with E-state index < -0.39 is 5.97 Å². The summed E-state index contributed by atoms with van der Waals surface area (Å²) < 4.78 is 0. The highest BCUT2D eigenvalue weighted by Crippen LogP contribution is 2.29. The molecule has 1 heterocycles. The van der Waals surface area contributed by atoms with Crippen LogP contribution in [-0.4, -0.2) is 21.0 Å². The standard InChI is InChI=1S/C13H12ClN3O2/c1-7-3-8(2)12(9(14)4-7)17-11-5-10(13(18)19)15-6-16-11/h3-6H,1-2H3,(H,18,19)(H,15,16,17). The fourth-order valence-electron chi connectivity index (χ4n) is 1.74. The lowest BCUT2D eigenvalue weighted by atomic mass is 10.1. The first kappa shape index (κ1) is 13.3. The van der Waals surface area contributed by atoms with Gasteiger partial charge in [0.2, 0.25) is 0 Å². The molecule has 0 aliphatic heterocycles. The molecule has 0 aliphatic rings. The van der Waals surface area contributed by atoms with E-state index in [0.717, 1.165) is 11.1 Å². The van der Waals surface area contributed by atoms with Crippen molar-refractivity contribution in [3.05, 3.63) is 46.4 Å². The van der Waals surface area contributed by atoms with Gasteiger partial charge in [0.1, 0.15) is 12.1 Å². The van der Waals surface area contributed by atoms with E-state index in [1.54, 1.807) is 0 Å². The zero-order chi connectivity index (χ0) is 14.0. The van der Waals surface area contributed by atoms with Crippen molar-refractivity contribution in [1.82, 2.24) is 9.97 Å². The van der Waals surface area contributed by atoms with Gasteiger partial charge in [-0.1, -0.05) is 17.7 Å². The summed E-state index contributed by atoms with van der Waals surface area (Å²) in [6, 6.07) is 5.17. The Balaban J connectivity index is 2.36. The fraction of sp³-hybridized carbons (Fsp3) is 0.154. The third-order valence-electron chi connectivity index (χ3n) is 2.57. The van der Waals surface area contributed by atoms with Crippen LogP contribution in [0.5, 0.6) is 0 Å². The summed E-state index contributed by atoms with van der Waals surface area (Å²) in [5, 5.41) is 12.5. The Morgan fingerprint density at radius 1 is 1.26 bits per heavy atom. The Morgan fingerprint density at radius 3 is 2.63 bits per heavy atom. The van der Waals surface area contributed by atoms with Crippen molar-refractivity contribution in [2.75, 3.05) is 5.32 Å². The summed E-state index contributed by atoms with van der Waals surface area (Å²) in [5.41, 5.74) is 2.66. The Morgan fingerprint density at radius 2 is 2.00 bits per heavy atom. The van der Waals surface area contributed by atoms with Crippen LogP contribution >= 0.6 is 11.6 Å². The van der Waals surface area contributed by atoms with Crippen molar-refractivity contribution < 1.29 is 9.90 Å². The molecule has 6 heteroatoms. The summed E-state index contributed by atoms with van der Waals surface area (Å²) in [7, 11) is 0. The maximum Gasteiger partial charge on any atom is 0.354 e. The predicted octanol–water partition coefficient (Wildman–Crippen LogP) is 3.19. The number of halogens is 1. The molecule has 0 aliphatic carbocycles. The van der Waals surface area contributed by atoms with E-state index >= 15 is 0 Å². The van der Waals surface area contributed by atoms with Crippen molar-refractivity contribution in [3.8, 4) is 0 Å². The molecule has 1 aromatic heterocycles. The lowest BCUT2D eigenvalue weighted by Crippen LogP contribution is -2.04. The number of rotatable bonds is 3. The van der Waals surface area contributed by atoms with Crippen molar-refractivity contribution >= 4 is 29.1 Å². The summed E-state index contributed by atoms with van der Waals surface area (Å²) in [6.07, 6.45) is 1.20. The van der Waals surface area contributed by atoms with Gasteiger partial charge >= 0.3 is 5.97 Å². The van der Waals surface area contributed by atoms with Gasteiger partial charge in [0.25, 0.3) is 0 Å². The van der Waals surface area contributed by atoms with Gasteiger partial charge in [0.15, 0.2) is 5.69 Å². The lowest BCUT2D eigenvalue weighted by Gasteiger charge is -2.12. The minimum Gasteiger partial charge on any atom is -0.477 e. The van der Waals surface area contributed by atoms with Crippen LogP contribution in [0.15, 0.2) is 24.5 Å². The van der Waals surface area contributed by atoms with Gasteiger partial charge in [-0.15, -0.1) is 0 Å². The molecule has 0 spiro atoms. The van der Waals surface area contributed by atoms with Gasteiger partial charge in [-0.25, -0.2) is 14.8 Å². The second kappa shape index (κ2) is 5.24.